The van der Waals surface area contributed by atoms with Crippen LogP contribution >= 0.6 is 11.8 Å². The fourth-order valence-electron chi connectivity index (χ4n) is 2.44. The van der Waals surface area contributed by atoms with E-state index in [-0.39, 0.29) is 11.7 Å². The number of Topliss-reactive ketones (excluding diaryl/α,β-unsaturated/α-hetero) is 1. The second-order valence-electron chi connectivity index (χ2n) is 5.09. The van der Waals surface area contributed by atoms with Crippen molar-refractivity contribution in [1.82, 2.24) is 4.90 Å². The first-order valence-corrected chi connectivity index (χ1v) is 8.38. The Kier molecular flexibility index (Phi) is 5.65. The Morgan fingerprint density at radius 1 is 1.05 bits per heavy atom. The largest absolute Gasteiger partial charge is 0.343 e. The van der Waals surface area contributed by atoms with Gasteiger partial charge in [0.1, 0.15) is 0 Å². The first-order chi connectivity index (χ1) is 9.70. The summed E-state index contributed by atoms with van der Waals surface area (Å²) in [6.07, 6.45) is 6.06. The van der Waals surface area contributed by atoms with Gasteiger partial charge in [0.25, 0.3) is 0 Å². The van der Waals surface area contributed by atoms with E-state index >= 15 is 0 Å². The zero-order valence-electron chi connectivity index (χ0n) is 11.9. The smallest absolute Gasteiger partial charge is 0.223 e. The van der Waals surface area contributed by atoms with Crippen molar-refractivity contribution in [1.29, 1.82) is 0 Å². The maximum Gasteiger partial charge on any atom is 0.223 e. The minimum Gasteiger partial charge on any atom is -0.343 e. The molecular formula is C16H21NO2S. The minimum atomic E-state index is 0.0583. The fourth-order valence-corrected chi connectivity index (χ4v) is 2.85. The molecule has 1 saturated heterocycles. The number of piperidine rings is 1. The molecule has 0 aromatic heterocycles. The molecule has 0 N–H and O–H groups in total. The molecule has 1 aliphatic heterocycles. The molecule has 0 radical (unpaired) electrons. The first kappa shape index (κ1) is 15.1. The first-order valence-electron chi connectivity index (χ1n) is 7.16. The molecule has 108 valence electrons. The molecule has 1 aromatic carbocycles. The highest BCUT2D eigenvalue weighted by Crippen LogP contribution is 2.17. The maximum atomic E-state index is 12.1. The molecule has 1 fully saturated rings. The molecule has 4 heteroatoms. The molecule has 0 saturated carbocycles. The third-order valence-electron chi connectivity index (χ3n) is 3.69. The lowest BCUT2D eigenvalue weighted by Gasteiger charge is -2.26. The quantitative estimate of drug-likeness (QED) is 0.616. The predicted molar refractivity (Wildman–Crippen MR) is 82.2 cm³/mol. The van der Waals surface area contributed by atoms with Crippen molar-refractivity contribution in [3.05, 3.63) is 29.8 Å². The number of hydrogen-bond donors (Lipinski definition) is 0. The second kappa shape index (κ2) is 7.48. The van der Waals surface area contributed by atoms with Gasteiger partial charge in [0.15, 0.2) is 5.78 Å². The molecule has 1 aromatic rings. The van der Waals surface area contributed by atoms with E-state index in [9.17, 15) is 9.59 Å². The number of carbonyl (C=O) groups excluding carboxylic acids is 2. The lowest BCUT2D eigenvalue weighted by atomic mass is 10.1. The predicted octanol–water partition coefficient (Wildman–Crippen LogP) is 3.38. The SMILES string of the molecule is CSc1ccc(C(=O)CCC(=O)N2CCCCC2)cc1. The summed E-state index contributed by atoms with van der Waals surface area (Å²) in [6, 6.07) is 7.59. The molecule has 1 aliphatic rings. The van der Waals surface area contributed by atoms with Crippen molar-refractivity contribution in [2.24, 2.45) is 0 Å². The maximum absolute atomic E-state index is 12.1. The standard InChI is InChI=1S/C16H21NO2S/c1-20-14-7-5-13(6-8-14)15(18)9-10-16(19)17-11-3-2-4-12-17/h5-8H,2-4,9-12H2,1H3. The van der Waals surface area contributed by atoms with Crippen LogP contribution in [0, 0.1) is 0 Å². The van der Waals surface area contributed by atoms with Crippen molar-refractivity contribution < 1.29 is 9.59 Å². The summed E-state index contributed by atoms with van der Waals surface area (Å²) in [6.45, 7) is 1.71. The van der Waals surface area contributed by atoms with E-state index in [0.717, 1.165) is 30.8 Å². The molecule has 0 bridgehead atoms. The molecular weight excluding hydrogens is 270 g/mol. The molecule has 1 heterocycles. The van der Waals surface area contributed by atoms with Gasteiger partial charge in [-0.2, -0.15) is 0 Å². The second-order valence-corrected chi connectivity index (χ2v) is 5.97. The van der Waals surface area contributed by atoms with Gasteiger partial charge in [0.05, 0.1) is 0 Å². The highest BCUT2D eigenvalue weighted by Gasteiger charge is 2.17. The number of carbonyl (C=O) groups is 2. The summed E-state index contributed by atoms with van der Waals surface area (Å²) in [5, 5.41) is 0. The van der Waals surface area contributed by atoms with Crippen LogP contribution in [0.3, 0.4) is 0 Å². The van der Waals surface area contributed by atoms with Crippen LogP contribution in [0.4, 0.5) is 0 Å². The molecule has 2 rings (SSSR count). The lowest BCUT2D eigenvalue weighted by molar-refractivity contribution is -0.132. The zero-order valence-corrected chi connectivity index (χ0v) is 12.7. The Balaban J connectivity index is 1.83. The molecule has 3 nitrogen and oxygen atoms in total. The highest BCUT2D eigenvalue weighted by molar-refractivity contribution is 7.98. The summed E-state index contributed by atoms with van der Waals surface area (Å²) >= 11 is 1.65. The van der Waals surface area contributed by atoms with Crippen LogP contribution in [0.1, 0.15) is 42.5 Å². The Morgan fingerprint density at radius 2 is 1.70 bits per heavy atom. The zero-order chi connectivity index (χ0) is 14.4. The monoisotopic (exact) mass is 291 g/mol. The summed E-state index contributed by atoms with van der Waals surface area (Å²) < 4.78 is 0. The van der Waals surface area contributed by atoms with Crippen LogP contribution in [0.25, 0.3) is 0 Å². The summed E-state index contributed by atoms with van der Waals surface area (Å²) in [5.74, 6) is 0.182. The van der Waals surface area contributed by atoms with Gasteiger partial charge in [-0.05, 0) is 37.7 Å². The Labute approximate surface area is 124 Å². The van der Waals surface area contributed by atoms with Gasteiger partial charge in [-0.3, -0.25) is 9.59 Å². The van der Waals surface area contributed by atoms with E-state index in [2.05, 4.69) is 0 Å². The van der Waals surface area contributed by atoms with E-state index in [1.807, 2.05) is 35.4 Å². The van der Waals surface area contributed by atoms with Crippen LogP contribution in [0.5, 0.6) is 0 Å². The van der Waals surface area contributed by atoms with E-state index in [4.69, 9.17) is 0 Å². The number of thioether (sulfide) groups is 1. The molecule has 0 atom stereocenters. The Bertz CT molecular complexity index is 464. The van der Waals surface area contributed by atoms with Crippen LogP contribution < -0.4 is 0 Å². The number of benzene rings is 1. The van der Waals surface area contributed by atoms with E-state index < -0.39 is 0 Å². The minimum absolute atomic E-state index is 0.0583. The van der Waals surface area contributed by atoms with Crippen LogP contribution in [-0.4, -0.2) is 35.9 Å². The van der Waals surface area contributed by atoms with Crippen LogP contribution in [0.2, 0.25) is 0 Å². The van der Waals surface area contributed by atoms with Gasteiger partial charge in [0.2, 0.25) is 5.91 Å². The van der Waals surface area contributed by atoms with Gasteiger partial charge in [-0.1, -0.05) is 12.1 Å². The molecule has 0 spiro atoms. The van der Waals surface area contributed by atoms with Crippen LogP contribution in [-0.2, 0) is 4.79 Å². The third kappa shape index (κ3) is 4.10. The van der Waals surface area contributed by atoms with Crippen molar-refractivity contribution >= 4 is 23.5 Å². The van der Waals surface area contributed by atoms with Crippen molar-refractivity contribution in [3.63, 3.8) is 0 Å². The Morgan fingerprint density at radius 3 is 2.30 bits per heavy atom. The van der Waals surface area contributed by atoms with Gasteiger partial charge < -0.3 is 4.90 Å². The summed E-state index contributed by atoms with van der Waals surface area (Å²) in [4.78, 5) is 27.1. The Hall–Kier alpha value is -1.29. The van der Waals surface area contributed by atoms with Crippen molar-refractivity contribution in [2.45, 2.75) is 37.0 Å². The van der Waals surface area contributed by atoms with Gasteiger partial charge in [-0.25, -0.2) is 0 Å². The average Bonchev–Trinajstić information content (AvgIpc) is 2.53. The number of rotatable bonds is 5. The van der Waals surface area contributed by atoms with Crippen molar-refractivity contribution in [3.8, 4) is 0 Å². The summed E-state index contributed by atoms with van der Waals surface area (Å²) in [5.41, 5.74) is 0.703. The number of amides is 1. The normalized spacial score (nSPS) is 15.2. The fraction of sp³-hybridized carbons (Fsp3) is 0.500. The number of ketones is 1. The van der Waals surface area contributed by atoms with Gasteiger partial charge >= 0.3 is 0 Å². The molecule has 1 amide bonds. The third-order valence-corrected chi connectivity index (χ3v) is 4.43. The molecule has 0 unspecified atom stereocenters. The van der Waals surface area contributed by atoms with Gasteiger partial charge in [0, 0.05) is 36.4 Å². The van der Waals surface area contributed by atoms with Gasteiger partial charge in [-0.15, -0.1) is 11.8 Å². The van der Waals surface area contributed by atoms with Crippen molar-refractivity contribution in [2.75, 3.05) is 19.3 Å². The van der Waals surface area contributed by atoms with E-state index in [1.54, 1.807) is 11.8 Å². The number of nitrogens with zero attached hydrogens (tertiary/aromatic N) is 1. The van der Waals surface area contributed by atoms with Crippen LogP contribution in [0.15, 0.2) is 29.2 Å². The molecule has 0 aliphatic carbocycles. The number of likely N-dealkylation sites (tertiary alicyclic amines) is 1. The summed E-state index contributed by atoms with van der Waals surface area (Å²) in [7, 11) is 0. The molecule has 20 heavy (non-hydrogen) atoms. The topological polar surface area (TPSA) is 37.4 Å². The highest BCUT2D eigenvalue weighted by atomic mass is 32.2. The van der Waals surface area contributed by atoms with E-state index in [0.29, 0.717) is 18.4 Å². The number of hydrogen-bond acceptors (Lipinski definition) is 3. The average molecular weight is 291 g/mol. The lowest BCUT2D eigenvalue weighted by Crippen LogP contribution is -2.35. The van der Waals surface area contributed by atoms with E-state index in [1.165, 1.54) is 6.42 Å².